The van der Waals surface area contributed by atoms with Crippen molar-refractivity contribution in [2.24, 2.45) is 5.73 Å². The van der Waals surface area contributed by atoms with Gasteiger partial charge in [-0.25, -0.2) is 0 Å². The second-order valence-electron chi connectivity index (χ2n) is 1.52. The number of primary amides is 1. The monoisotopic (exact) mass is 216 g/mol. The van der Waals surface area contributed by atoms with Gasteiger partial charge in [-0.1, -0.05) is 0 Å². The molecule has 0 aromatic rings. The van der Waals surface area contributed by atoms with Crippen molar-refractivity contribution in [2.75, 3.05) is 0 Å². The first-order chi connectivity index (χ1) is 4.00. The number of nitrogens with zero attached hydrogens (tertiary/aromatic N) is 1. The predicted octanol–water partition coefficient (Wildman–Crippen LogP) is -2.53. The van der Waals surface area contributed by atoms with E-state index < -0.39 is 9.99 Å². The molecule has 0 unspecified atom stereocenters. The highest BCUT2D eigenvalue weighted by molar-refractivity contribution is 8.02. The van der Waals surface area contributed by atoms with Gasteiger partial charge in [0.05, 0.1) is 12.5 Å². The van der Waals surface area contributed by atoms with Crippen LogP contribution in [0, 0.1) is 11.3 Å². The lowest BCUT2D eigenvalue weighted by molar-refractivity contribution is -0.118. The molecule has 0 saturated carbocycles. The van der Waals surface area contributed by atoms with Crippen molar-refractivity contribution in [2.45, 2.75) is 10.5 Å². The highest BCUT2D eigenvalue weighted by atomic mass is 32.2. The van der Waals surface area contributed by atoms with E-state index >= 15 is 0 Å². The summed E-state index contributed by atoms with van der Waals surface area (Å²) in [7, 11) is 0. The van der Waals surface area contributed by atoms with E-state index in [0.29, 0.717) is 0 Å². The summed E-state index contributed by atoms with van der Waals surface area (Å²) in [6, 6.07) is 1.74. The molecule has 6 nitrogen and oxygen atoms in total. The van der Waals surface area contributed by atoms with Gasteiger partial charge in [0.15, 0.2) is 0 Å². The number of hydrogen-bond donors (Lipinski definition) is 3. The molecular formula is C4H12N2O4S2. The summed E-state index contributed by atoms with van der Waals surface area (Å²) in [6.45, 7) is 0. The topological polar surface area (TPSA) is 161 Å². The number of amides is 1. The van der Waals surface area contributed by atoms with Crippen LogP contribution in [0.3, 0.4) is 0 Å². The van der Waals surface area contributed by atoms with Gasteiger partial charge < -0.3 is 22.2 Å². The minimum Gasteiger partial charge on any atom is -0.412 e. The fourth-order valence-electron chi connectivity index (χ4n) is 0.197. The Labute approximate surface area is 80.5 Å². The van der Waals surface area contributed by atoms with E-state index in [1.54, 1.807) is 6.07 Å². The molecule has 0 aliphatic rings. The maximum atomic E-state index is 10.3. The molecule has 0 fully saturated rings. The average Bonchev–Trinajstić information content (AvgIpc) is 1.65. The van der Waals surface area contributed by atoms with Crippen molar-refractivity contribution < 1.29 is 21.2 Å². The van der Waals surface area contributed by atoms with Crippen LogP contribution in [-0.2, 0) is 4.79 Å². The van der Waals surface area contributed by atoms with Gasteiger partial charge in [-0.2, -0.15) is 30.5 Å². The SMILES string of the molecule is N#CCC(S)(S)C(N)=O.O.O.O. The molecule has 12 heavy (non-hydrogen) atoms. The predicted molar refractivity (Wildman–Crippen MR) is 51.0 cm³/mol. The smallest absolute Gasteiger partial charge is 0.244 e. The molecular weight excluding hydrogens is 204 g/mol. The van der Waals surface area contributed by atoms with E-state index in [1.165, 1.54) is 0 Å². The fourth-order valence-corrected chi connectivity index (χ4v) is 0.339. The quantitative estimate of drug-likeness (QED) is 0.343. The van der Waals surface area contributed by atoms with Gasteiger partial charge in [0.25, 0.3) is 0 Å². The van der Waals surface area contributed by atoms with Crippen LogP contribution >= 0.6 is 25.3 Å². The molecule has 8 heteroatoms. The van der Waals surface area contributed by atoms with Crippen LogP contribution < -0.4 is 5.73 Å². The maximum Gasteiger partial charge on any atom is 0.244 e. The Kier molecular flexibility index (Phi) is 16.2. The van der Waals surface area contributed by atoms with Crippen LogP contribution in [0.2, 0.25) is 0 Å². The Morgan fingerprint density at radius 2 is 1.75 bits per heavy atom. The maximum absolute atomic E-state index is 10.3. The van der Waals surface area contributed by atoms with E-state index in [0.717, 1.165) is 0 Å². The molecule has 0 spiro atoms. The highest BCUT2D eigenvalue weighted by Gasteiger charge is 2.26. The van der Waals surface area contributed by atoms with E-state index in [4.69, 9.17) is 11.0 Å². The second kappa shape index (κ2) is 8.63. The van der Waals surface area contributed by atoms with Crippen molar-refractivity contribution in [1.29, 1.82) is 5.26 Å². The zero-order valence-corrected chi connectivity index (χ0v) is 7.82. The van der Waals surface area contributed by atoms with Gasteiger partial charge in [0, 0.05) is 0 Å². The Bertz CT molecular complexity index is 167. The molecule has 0 aliphatic heterocycles. The van der Waals surface area contributed by atoms with Crippen molar-refractivity contribution in [3.8, 4) is 6.07 Å². The molecule has 0 saturated heterocycles. The summed E-state index contributed by atoms with van der Waals surface area (Å²) < 4.78 is -1.28. The van der Waals surface area contributed by atoms with E-state index in [-0.39, 0.29) is 22.8 Å². The van der Waals surface area contributed by atoms with Gasteiger partial charge in [0.1, 0.15) is 4.08 Å². The molecule has 0 aromatic carbocycles. The number of carbonyl (C=O) groups excluding carboxylic acids is 1. The Morgan fingerprint density at radius 3 is 1.83 bits per heavy atom. The molecule has 0 aliphatic carbocycles. The first-order valence-corrected chi connectivity index (χ1v) is 3.02. The largest absolute Gasteiger partial charge is 0.412 e. The number of nitriles is 1. The third kappa shape index (κ3) is 7.64. The van der Waals surface area contributed by atoms with Crippen molar-refractivity contribution in [1.82, 2.24) is 0 Å². The van der Waals surface area contributed by atoms with Crippen LogP contribution in [0.4, 0.5) is 0 Å². The van der Waals surface area contributed by atoms with Crippen LogP contribution in [0.5, 0.6) is 0 Å². The molecule has 0 aromatic heterocycles. The zero-order chi connectivity index (χ0) is 7.49. The summed E-state index contributed by atoms with van der Waals surface area (Å²) in [5.74, 6) is -0.698. The Hall–Kier alpha value is -0.460. The first kappa shape index (κ1) is 22.5. The van der Waals surface area contributed by atoms with E-state index in [2.05, 4.69) is 25.3 Å². The van der Waals surface area contributed by atoms with Crippen LogP contribution in [-0.4, -0.2) is 26.4 Å². The summed E-state index contributed by atoms with van der Waals surface area (Å²) in [4.78, 5) is 10.3. The normalized spacial score (nSPS) is 7.75. The molecule has 74 valence electrons. The van der Waals surface area contributed by atoms with Gasteiger partial charge in [-0.15, -0.1) is 0 Å². The second-order valence-corrected chi connectivity index (χ2v) is 3.40. The molecule has 1 amide bonds. The number of rotatable bonds is 2. The summed E-state index contributed by atoms with van der Waals surface area (Å²) in [5.41, 5.74) is 4.81. The summed E-state index contributed by atoms with van der Waals surface area (Å²) >= 11 is 7.46. The van der Waals surface area contributed by atoms with E-state index in [9.17, 15) is 4.79 Å². The molecule has 0 radical (unpaired) electrons. The van der Waals surface area contributed by atoms with Crippen LogP contribution in [0.1, 0.15) is 6.42 Å². The summed E-state index contributed by atoms with van der Waals surface area (Å²) in [5, 5.41) is 8.10. The fraction of sp³-hybridized carbons (Fsp3) is 0.500. The lowest BCUT2D eigenvalue weighted by Gasteiger charge is -2.12. The molecule has 8 N–H and O–H groups in total. The van der Waals surface area contributed by atoms with Crippen molar-refractivity contribution in [3.05, 3.63) is 0 Å². The van der Waals surface area contributed by atoms with E-state index in [1.807, 2.05) is 0 Å². The molecule has 0 rings (SSSR count). The lowest BCUT2D eigenvalue weighted by Crippen LogP contribution is -2.32. The van der Waals surface area contributed by atoms with Crippen LogP contribution in [0.15, 0.2) is 0 Å². The molecule has 0 heterocycles. The zero-order valence-electron chi connectivity index (χ0n) is 6.03. The molecule has 0 bridgehead atoms. The van der Waals surface area contributed by atoms with Gasteiger partial charge in [-0.3, -0.25) is 4.79 Å². The molecule has 0 atom stereocenters. The number of hydrogen-bond acceptors (Lipinski definition) is 4. The Morgan fingerprint density at radius 1 is 1.42 bits per heavy atom. The minimum absolute atomic E-state index is 0. The lowest BCUT2D eigenvalue weighted by atomic mass is 10.3. The summed E-state index contributed by atoms with van der Waals surface area (Å²) in [6.07, 6.45) is -0.0887. The number of carbonyl (C=O) groups is 1. The van der Waals surface area contributed by atoms with Gasteiger partial charge in [-0.05, 0) is 0 Å². The standard InChI is InChI=1S/C4H6N2OS2.3H2O/c5-2-1-4(8,9)3(6)7;;;/h8-9H,1H2,(H2,6,7);3*1H2. The number of thiol groups is 2. The minimum atomic E-state index is -1.28. The third-order valence-corrected chi connectivity index (χ3v) is 1.48. The van der Waals surface area contributed by atoms with Crippen molar-refractivity contribution in [3.63, 3.8) is 0 Å². The first-order valence-electron chi connectivity index (χ1n) is 2.12. The van der Waals surface area contributed by atoms with Crippen molar-refractivity contribution >= 4 is 31.2 Å². The number of nitrogens with two attached hydrogens (primary N) is 1. The highest BCUT2D eigenvalue weighted by Crippen LogP contribution is 2.22. The van der Waals surface area contributed by atoms with Gasteiger partial charge >= 0.3 is 0 Å². The van der Waals surface area contributed by atoms with Gasteiger partial charge in [0.2, 0.25) is 5.91 Å². The third-order valence-electron chi connectivity index (χ3n) is 0.720. The van der Waals surface area contributed by atoms with Crippen LogP contribution in [0.25, 0.3) is 0 Å². The Balaban J connectivity index is -0.000000107. The average molecular weight is 216 g/mol.